The van der Waals surface area contributed by atoms with E-state index in [2.05, 4.69) is 27.7 Å². The molecule has 0 aromatic heterocycles. The maximum atomic E-state index is 14.9. The van der Waals surface area contributed by atoms with Gasteiger partial charge in [-0.2, -0.15) is 0 Å². The Morgan fingerprint density at radius 1 is 0.729 bits per heavy atom. The van der Waals surface area contributed by atoms with Gasteiger partial charge in [-0.25, -0.2) is 9.59 Å². The number of aliphatic hydroxyl groups is 6. The molecule has 0 unspecified atom stereocenters. The molecule has 0 aromatic rings. The number of aliphatic hydroxyl groups excluding tert-OH is 6. The molecule has 9 N–H and O–H groups in total. The molecule has 7 rings (SSSR count). The lowest BCUT2D eigenvalue weighted by molar-refractivity contribution is -0.372. The molecule has 0 spiro atoms. The Hall–Kier alpha value is -2.58. The summed E-state index contributed by atoms with van der Waals surface area (Å²) in [6.07, 6.45) is -13.8. The third-order valence-electron chi connectivity index (χ3n) is 17.4. The molecule has 17 heteroatoms. The minimum Gasteiger partial charge on any atom is -0.481 e. The molecular formula is C42H62O17. The van der Waals surface area contributed by atoms with Gasteiger partial charge >= 0.3 is 17.9 Å². The van der Waals surface area contributed by atoms with E-state index in [4.69, 9.17) is 18.9 Å². The summed E-state index contributed by atoms with van der Waals surface area (Å²) in [5.41, 5.74) is -2.63. The zero-order chi connectivity index (χ0) is 43.6. The van der Waals surface area contributed by atoms with Crippen LogP contribution in [0.15, 0.2) is 11.6 Å². The van der Waals surface area contributed by atoms with E-state index in [1.54, 1.807) is 0 Å². The molecule has 332 valence electrons. The highest BCUT2D eigenvalue weighted by Crippen LogP contribution is 2.75. The van der Waals surface area contributed by atoms with Gasteiger partial charge in [0.2, 0.25) is 0 Å². The second kappa shape index (κ2) is 14.8. The SMILES string of the molecule is C[C@]1(C(=O)O)CC[C@@]2(C)CC[C@@]3(C)C(=CC(=O)[C@H]4[C@]5(C)CC[C@@H](O[C@H]6O[C@@H](C(=O)O)[C@H](O)[C@@H](O)[C@@H]6O[C@H]6O[C@@H](C(=O)O)[C@H](O)[C@@H](O)[C@@H]6O)[C@@](C)(CO)[C@H]5CC[C@@]43C)[C@@H]2C1. The van der Waals surface area contributed by atoms with Crippen molar-refractivity contribution < 1.29 is 84.1 Å². The quantitative estimate of drug-likeness (QED) is 0.155. The summed E-state index contributed by atoms with van der Waals surface area (Å²) in [6.45, 7) is 12.0. The first kappa shape index (κ1) is 44.5. The number of carboxylic acid groups (broad SMARTS) is 3. The molecule has 0 aromatic carbocycles. The number of allylic oxidation sites excluding steroid dienone is 2. The lowest BCUT2D eigenvalue weighted by atomic mass is 9.33. The number of carbonyl (C=O) groups is 4. The Kier molecular flexibility index (Phi) is 11.1. The second-order valence-electron chi connectivity index (χ2n) is 20.5. The second-order valence-corrected chi connectivity index (χ2v) is 20.5. The fourth-order valence-electron chi connectivity index (χ4n) is 13.4. The molecule has 2 saturated heterocycles. The number of ether oxygens (including phenoxy) is 4. The molecule has 2 aliphatic heterocycles. The fraction of sp³-hybridized carbons (Fsp3) is 0.857. The van der Waals surface area contributed by atoms with Crippen molar-refractivity contribution in [3.8, 4) is 0 Å². The molecule has 6 fully saturated rings. The smallest absolute Gasteiger partial charge is 0.335 e. The third-order valence-corrected chi connectivity index (χ3v) is 17.4. The highest BCUT2D eigenvalue weighted by Gasteiger charge is 2.71. The predicted octanol–water partition coefficient (Wildman–Crippen LogP) is 1.22. The average molecular weight is 839 g/mol. The van der Waals surface area contributed by atoms with Crippen LogP contribution in [0.3, 0.4) is 0 Å². The summed E-state index contributed by atoms with van der Waals surface area (Å²) in [6, 6.07) is 0. The summed E-state index contributed by atoms with van der Waals surface area (Å²) in [5, 5.41) is 94.3. The van der Waals surface area contributed by atoms with E-state index in [0.717, 1.165) is 24.8 Å². The summed E-state index contributed by atoms with van der Waals surface area (Å²) in [4.78, 5) is 51.4. The minimum atomic E-state index is -2.10. The molecule has 0 amide bonds. The minimum absolute atomic E-state index is 0.0119. The van der Waals surface area contributed by atoms with Crippen LogP contribution in [0, 0.1) is 50.2 Å². The van der Waals surface area contributed by atoms with Gasteiger partial charge in [0.1, 0.15) is 36.6 Å². The fourth-order valence-corrected chi connectivity index (χ4v) is 13.4. The molecule has 20 atom stereocenters. The van der Waals surface area contributed by atoms with Gasteiger partial charge in [-0.3, -0.25) is 9.59 Å². The number of fused-ring (bicyclic) bond motifs is 7. The third kappa shape index (κ3) is 6.46. The van der Waals surface area contributed by atoms with Crippen molar-refractivity contribution in [3.63, 3.8) is 0 Å². The van der Waals surface area contributed by atoms with Gasteiger partial charge in [0.15, 0.2) is 30.6 Å². The monoisotopic (exact) mass is 838 g/mol. The molecular weight excluding hydrogens is 776 g/mol. The van der Waals surface area contributed by atoms with E-state index in [-0.39, 0.29) is 29.5 Å². The highest BCUT2D eigenvalue weighted by atomic mass is 16.8. The maximum absolute atomic E-state index is 14.9. The van der Waals surface area contributed by atoms with Crippen LogP contribution in [0.25, 0.3) is 0 Å². The number of hydrogen-bond donors (Lipinski definition) is 9. The Morgan fingerprint density at radius 2 is 1.32 bits per heavy atom. The van der Waals surface area contributed by atoms with E-state index < -0.39 is 125 Å². The van der Waals surface area contributed by atoms with Crippen LogP contribution in [0.4, 0.5) is 0 Å². The Labute approximate surface area is 342 Å². The van der Waals surface area contributed by atoms with Crippen LogP contribution in [0.2, 0.25) is 0 Å². The van der Waals surface area contributed by atoms with Crippen molar-refractivity contribution in [3.05, 3.63) is 11.6 Å². The number of carboxylic acids is 3. The van der Waals surface area contributed by atoms with Gasteiger partial charge in [0.05, 0.1) is 18.1 Å². The zero-order valence-corrected chi connectivity index (χ0v) is 34.5. The van der Waals surface area contributed by atoms with Crippen LogP contribution >= 0.6 is 0 Å². The van der Waals surface area contributed by atoms with E-state index in [9.17, 15) is 65.1 Å². The van der Waals surface area contributed by atoms with Crippen molar-refractivity contribution >= 4 is 23.7 Å². The molecule has 59 heavy (non-hydrogen) atoms. The van der Waals surface area contributed by atoms with Gasteiger partial charge in [0, 0.05) is 11.3 Å². The molecule has 0 radical (unpaired) electrons. The maximum Gasteiger partial charge on any atom is 0.335 e. The van der Waals surface area contributed by atoms with Gasteiger partial charge < -0.3 is 64.9 Å². The first-order valence-corrected chi connectivity index (χ1v) is 20.9. The van der Waals surface area contributed by atoms with Gasteiger partial charge in [-0.15, -0.1) is 0 Å². The summed E-state index contributed by atoms with van der Waals surface area (Å²) >= 11 is 0. The molecule has 5 aliphatic carbocycles. The Balaban J connectivity index is 1.19. The van der Waals surface area contributed by atoms with Gasteiger partial charge in [0.25, 0.3) is 0 Å². The highest BCUT2D eigenvalue weighted by molar-refractivity contribution is 5.95. The molecule has 4 saturated carbocycles. The van der Waals surface area contributed by atoms with Crippen LogP contribution in [-0.2, 0) is 38.1 Å². The topological polar surface area (TPSA) is 287 Å². The summed E-state index contributed by atoms with van der Waals surface area (Å²) in [5.74, 6) is -5.02. The first-order valence-electron chi connectivity index (χ1n) is 20.9. The van der Waals surface area contributed by atoms with Crippen molar-refractivity contribution in [2.75, 3.05) is 6.61 Å². The van der Waals surface area contributed by atoms with Gasteiger partial charge in [-0.1, -0.05) is 40.2 Å². The standard InChI is InChI=1S/C42H62O17/c1-37-11-12-38(2,36(54)55)16-19(37)18-15-20(44)31-39(3)9-8-22(40(4,17-43)21(39)7-10-42(31,6)41(18,5)14-13-37)56-35-30(26(48)25(47)29(58-35)33(52)53)59-34-27(49)23(45)24(46)28(57-34)32(50)51/h15,19,21-31,34-35,43,45-49H,7-14,16-17H2,1-6H3,(H,50,51)(H,52,53)(H,54,55)/t19-,21-,22+,23+,24+,25+,26+,27-,28+,29+,30-,31-,34+,35-,37-,38-,39+,40-,41-,42-/m0/s1. The molecule has 7 aliphatic rings. The average Bonchev–Trinajstić information content (AvgIpc) is 3.16. The number of carbonyl (C=O) groups excluding carboxylic acids is 1. The van der Waals surface area contributed by atoms with Crippen molar-refractivity contribution in [1.82, 2.24) is 0 Å². The van der Waals surface area contributed by atoms with E-state index in [0.29, 0.717) is 32.1 Å². The van der Waals surface area contributed by atoms with Gasteiger partial charge in [-0.05, 0) is 104 Å². The predicted molar refractivity (Wildman–Crippen MR) is 201 cm³/mol. The zero-order valence-electron chi connectivity index (χ0n) is 34.5. The van der Waals surface area contributed by atoms with E-state index >= 15 is 0 Å². The summed E-state index contributed by atoms with van der Waals surface area (Å²) in [7, 11) is 0. The lowest BCUT2D eigenvalue weighted by Crippen LogP contribution is -2.69. The molecule has 0 bridgehead atoms. The molecule has 2 heterocycles. The molecule has 17 nitrogen and oxygen atoms in total. The van der Waals surface area contributed by atoms with Crippen LogP contribution in [-0.4, -0.2) is 144 Å². The number of ketones is 1. The number of hydrogen-bond acceptors (Lipinski definition) is 14. The number of aliphatic carboxylic acids is 3. The first-order chi connectivity index (χ1) is 27.3. The van der Waals surface area contributed by atoms with E-state index in [1.165, 1.54) is 0 Å². The van der Waals surface area contributed by atoms with Crippen LogP contribution < -0.4 is 0 Å². The normalized spacial score (nSPS) is 53.5. The van der Waals surface area contributed by atoms with E-state index in [1.807, 2.05) is 19.9 Å². The van der Waals surface area contributed by atoms with Crippen molar-refractivity contribution in [2.24, 2.45) is 50.2 Å². The van der Waals surface area contributed by atoms with Crippen molar-refractivity contribution in [2.45, 2.75) is 167 Å². The van der Waals surface area contributed by atoms with Crippen LogP contribution in [0.1, 0.15) is 99.3 Å². The Morgan fingerprint density at radius 3 is 1.92 bits per heavy atom. The van der Waals surface area contributed by atoms with Crippen molar-refractivity contribution in [1.29, 1.82) is 0 Å². The summed E-state index contributed by atoms with van der Waals surface area (Å²) < 4.78 is 23.2. The lowest BCUT2D eigenvalue weighted by Gasteiger charge is -2.70. The number of rotatable bonds is 8. The Bertz CT molecular complexity index is 1750. The largest absolute Gasteiger partial charge is 0.481 e. The van der Waals surface area contributed by atoms with Crippen LogP contribution in [0.5, 0.6) is 0 Å².